The zero-order valence-electron chi connectivity index (χ0n) is 12.3. The second kappa shape index (κ2) is 7.54. The number of rotatable bonds is 6. The van der Waals surface area contributed by atoms with Crippen molar-refractivity contribution in [3.63, 3.8) is 0 Å². The van der Waals surface area contributed by atoms with Gasteiger partial charge in [-0.05, 0) is 30.9 Å². The third-order valence-corrected chi connectivity index (χ3v) is 6.35. The average Bonchev–Trinajstić information content (AvgIpc) is 2.53. The number of halogens is 1. The zero-order valence-corrected chi connectivity index (χ0v) is 13.9. The minimum Gasteiger partial charge on any atom is -0.261 e. The number of nitrogens with zero attached hydrogens (tertiary/aromatic N) is 3. The van der Waals surface area contributed by atoms with E-state index >= 15 is 0 Å². The van der Waals surface area contributed by atoms with Crippen LogP contribution in [-0.2, 0) is 16.6 Å². The fourth-order valence-electron chi connectivity index (χ4n) is 2.42. The summed E-state index contributed by atoms with van der Waals surface area (Å²) in [5.74, 6) is 1.06. The second-order valence-corrected chi connectivity index (χ2v) is 7.74. The molecule has 0 spiro atoms. The van der Waals surface area contributed by atoms with Crippen LogP contribution in [0.1, 0.15) is 18.5 Å². The van der Waals surface area contributed by atoms with E-state index in [9.17, 15) is 8.42 Å². The highest BCUT2D eigenvalue weighted by atomic mass is 35.5. The summed E-state index contributed by atoms with van der Waals surface area (Å²) in [5.41, 5.74) is 0.903. The molecule has 0 N–H and O–H groups in total. The molecule has 118 valence electrons. The second-order valence-electron chi connectivity index (χ2n) is 5.40. The van der Waals surface area contributed by atoms with Crippen molar-refractivity contribution in [2.24, 2.45) is 5.92 Å². The summed E-state index contributed by atoms with van der Waals surface area (Å²) in [6.07, 6.45) is 4.03. The van der Waals surface area contributed by atoms with E-state index in [0.717, 1.165) is 18.5 Å². The van der Waals surface area contributed by atoms with Crippen LogP contribution in [-0.4, -0.2) is 54.6 Å². The van der Waals surface area contributed by atoms with Crippen molar-refractivity contribution < 1.29 is 8.42 Å². The Hall–Kier alpha value is -0.690. The van der Waals surface area contributed by atoms with Gasteiger partial charge in [-0.25, -0.2) is 0 Å². The van der Waals surface area contributed by atoms with Gasteiger partial charge in [-0.15, -0.1) is 11.6 Å². The summed E-state index contributed by atoms with van der Waals surface area (Å²) in [6.45, 7) is 1.57. The molecular weight excluding hydrogens is 310 g/mol. The first-order chi connectivity index (χ1) is 10.0. The summed E-state index contributed by atoms with van der Waals surface area (Å²) < 4.78 is 28.0. The van der Waals surface area contributed by atoms with Gasteiger partial charge in [-0.2, -0.15) is 17.0 Å². The molecule has 0 unspecified atom stereocenters. The van der Waals surface area contributed by atoms with E-state index in [1.165, 1.54) is 4.31 Å². The maximum atomic E-state index is 12.5. The molecule has 0 bridgehead atoms. The zero-order chi connectivity index (χ0) is 15.3. The lowest BCUT2D eigenvalue weighted by molar-refractivity contribution is 0.272. The molecule has 7 heteroatoms. The molecule has 1 aromatic heterocycles. The van der Waals surface area contributed by atoms with Gasteiger partial charge in [0.2, 0.25) is 0 Å². The van der Waals surface area contributed by atoms with Crippen molar-refractivity contribution in [2.75, 3.05) is 32.6 Å². The molecule has 1 aliphatic heterocycles. The number of alkyl halides is 1. The lowest BCUT2D eigenvalue weighted by Gasteiger charge is -2.33. The Labute approximate surface area is 132 Å². The van der Waals surface area contributed by atoms with Crippen molar-refractivity contribution in [3.05, 3.63) is 30.1 Å². The van der Waals surface area contributed by atoms with Crippen LogP contribution in [0.25, 0.3) is 0 Å². The van der Waals surface area contributed by atoms with Crippen molar-refractivity contribution in [2.45, 2.75) is 19.3 Å². The largest absolute Gasteiger partial charge is 0.281 e. The predicted molar refractivity (Wildman–Crippen MR) is 84.5 cm³/mol. The van der Waals surface area contributed by atoms with Gasteiger partial charge in [-0.3, -0.25) is 4.98 Å². The molecule has 0 radical (unpaired) electrons. The number of pyridine rings is 1. The van der Waals surface area contributed by atoms with Crippen LogP contribution in [0, 0.1) is 5.92 Å². The van der Waals surface area contributed by atoms with Crippen molar-refractivity contribution >= 4 is 21.8 Å². The van der Waals surface area contributed by atoms with Gasteiger partial charge in [0, 0.05) is 50.9 Å². The first kappa shape index (κ1) is 16.7. The number of hydrogen-bond acceptors (Lipinski definition) is 3. The molecule has 0 amide bonds. The van der Waals surface area contributed by atoms with E-state index in [1.54, 1.807) is 17.5 Å². The number of hydrogen-bond donors (Lipinski definition) is 0. The van der Waals surface area contributed by atoms with Crippen LogP contribution in [0.3, 0.4) is 0 Å². The molecule has 21 heavy (non-hydrogen) atoms. The van der Waals surface area contributed by atoms with Gasteiger partial charge in [-0.1, -0.05) is 6.07 Å². The van der Waals surface area contributed by atoms with E-state index in [-0.39, 0.29) is 0 Å². The highest BCUT2D eigenvalue weighted by molar-refractivity contribution is 7.86. The summed E-state index contributed by atoms with van der Waals surface area (Å²) in [5, 5.41) is 0. The summed E-state index contributed by atoms with van der Waals surface area (Å²) >= 11 is 5.84. The van der Waals surface area contributed by atoms with Crippen LogP contribution >= 0.6 is 11.6 Å². The standard InChI is InChI=1S/C14H22ClN3O2S/c1-17(9-7-14-4-2-3-8-16-14)21(19,20)18-10-5-13(12-15)6-11-18/h2-4,8,13H,5-7,9-12H2,1H3. The van der Waals surface area contributed by atoms with Gasteiger partial charge in [0.1, 0.15) is 0 Å². The smallest absolute Gasteiger partial charge is 0.261 e. The van der Waals surface area contributed by atoms with Crippen molar-refractivity contribution in [3.8, 4) is 0 Å². The monoisotopic (exact) mass is 331 g/mol. The highest BCUT2D eigenvalue weighted by Crippen LogP contribution is 2.21. The molecule has 2 heterocycles. The third kappa shape index (κ3) is 4.39. The van der Waals surface area contributed by atoms with Crippen LogP contribution in [0.5, 0.6) is 0 Å². The van der Waals surface area contributed by atoms with E-state index in [1.807, 2.05) is 18.2 Å². The average molecular weight is 332 g/mol. The van der Waals surface area contributed by atoms with Crippen molar-refractivity contribution in [1.82, 2.24) is 13.6 Å². The minimum atomic E-state index is -3.37. The molecule has 0 saturated carbocycles. The number of aromatic nitrogens is 1. The number of likely N-dealkylation sites (N-methyl/N-ethyl adjacent to an activating group) is 1. The normalized spacial score (nSPS) is 18.2. The van der Waals surface area contributed by atoms with Gasteiger partial charge in [0.05, 0.1) is 0 Å². The van der Waals surface area contributed by atoms with E-state index < -0.39 is 10.2 Å². The molecule has 0 atom stereocenters. The SMILES string of the molecule is CN(CCc1ccccn1)S(=O)(=O)N1CCC(CCl)CC1. The first-order valence-electron chi connectivity index (χ1n) is 7.21. The Morgan fingerprint density at radius 3 is 2.67 bits per heavy atom. The Morgan fingerprint density at radius 2 is 2.10 bits per heavy atom. The molecule has 0 aromatic carbocycles. The van der Waals surface area contributed by atoms with Gasteiger partial charge >= 0.3 is 0 Å². The Kier molecular flexibility index (Phi) is 5.98. The molecule has 0 aliphatic carbocycles. The maximum Gasteiger partial charge on any atom is 0.281 e. The van der Waals surface area contributed by atoms with Crippen LogP contribution in [0.2, 0.25) is 0 Å². The minimum absolute atomic E-state index is 0.439. The Bertz CT molecular complexity index is 530. The topological polar surface area (TPSA) is 53.5 Å². The fourth-order valence-corrected chi connectivity index (χ4v) is 4.12. The number of piperidine rings is 1. The molecule has 1 aliphatic rings. The van der Waals surface area contributed by atoms with Gasteiger partial charge < -0.3 is 0 Å². The molecule has 2 rings (SSSR count). The van der Waals surface area contributed by atoms with Crippen LogP contribution < -0.4 is 0 Å². The third-order valence-electron chi connectivity index (χ3n) is 3.92. The van der Waals surface area contributed by atoms with Gasteiger partial charge in [0.15, 0.2) is 0 Å². The summed E-state index contributed by atoms with van der Waals surface area (Å²) in [7, 11) is -1.74. The summed E-state index contributed by atoms with van der Waals surface area (Å²) in [4.78, 5) is 4.22. The maximum absolute atomic E-state index is 12.5. The Morgan fingerprint density at radius 1 is 1.38 bits per heavy atom. The lowest BCUT2D eigenvalue weighted by atomic mass is 10.0. The fraction of sp³-hybridized carbons (Fsp3) is 0.643. The lowest BCUT2D eigenvalue weighted by Crippen LogP contribution is -2.46. The van der Waals surface area contributed by atoms with Crippen LogP contribution in [0.4, 0.5) is 0 Å². The quantitative estimate of drug-likeness (QED) is 0.746. The van der Waals surface area contributed by atoms with Crippen molar-refractivity contribution in [1.29, 1.82) is 0 Å². The molecular formula is C14H22ClN3O2S. The van der Waals surface area contributed by atoms with Crippen LogP contribution in [0.15, 0.2) is 24.4 Å². The van der Waals surface area contributed by atoms with E-state index in [0.29, 0.717) is 37.9 Å². The molecule has 5 nitrogen and oxygen atoms in total. The highest BCUT2D eigenvalue weighted by Gasteiger charge is 2.30. The van der Waals surface area contributed by atoms with E-state index in [2.05, 4.69) is 4.98 Å². The molecule has 1 aromatic rings. The first-order valence-corrected chi connectivity index (χ1v) is 9.14. The van der Waals surface area contributed by atoms with E-state index in [4.69, 9.17) is 11.6 Å². The summed E-state index contributed by atoms with van der Waals surface area (Å²) in [6, 6.07) is 5.67. The predicted octanol–water partition coefficient (Wildman–Crippen LogP) is 1.75. The molecule has 1 saturated heterocycles. The molecule has 1 fully saturated rings. The Balaban J connectivity index is 1.90. The van der Waals surface area contributed by atoms with Gasteiger partial charge in [0.25, 0.3) is 10.2 Å².